The second-order valence-electron chi connectivity index (χ2n) is 2.09. The molecule has 0 saturated carbocycles. The zero-order valence-electron chi connectivity index (χ0n) is 7.75. The highest BCUT2D eigenvalue weighted by Crippen LogP contribution is 2.24. The Morgan fingerprint density at radius 3 is 1.92 bits per heavy atom. The first-order chi connectivity index (χ1) is 5.74. The van der Waals surface area contributed by atoms with E-state index in [-0.39, 0.29) is 0 Å². The Kier molecular flexibility index (Phi) is 6.48. The van der Waals surface area contributed by atoms with Gasteiger partial charge in [0.25, 0.3) is 0 Å². The Bertz CT molecular complexity index is 123. The summed E-state index contributed by atoms with van der Waals surface area (Å²) in [7, 11) is -0.864. The third-order valence-electron chi connectivity index (χ3n) is 1.36. The van der Waals surface area contributed by atoms with Crippen LogP contribution in [0, 0.1) is 0 Å². The van der Waals surface area contributed by atoms with Crippen LogP contribution in [0.1, 0.15) is 27.2 Å². The Morgan fingerprint density at radius 2 is 1.67 bits per heavy atom. The van der Waals surface area contributed by atoms with Gasteiger partial charge in [0.15, 0.2) is 0 Å². The third-order valence-corrected chi connectivity index (χ3v) is 1.75. The summed E-state index contributed by atoms with van der Waals surface area (Å²) in [6, 6.07) is 0. The van der Waals surface area contributed by atoms with E-state index in [4.69, 9.17) is 14.0 Å². The molecule has 0 aromatic carbocycles. The quantitative estimate of drug-likeness (QED) is 0.460. The summed E-state index contributed by atoms with van der Waals surface area (Å²) in [6.07, 6.45) is 0.518. The molecule has 0 aliphatic heterocycles. The smallest absolute Gasteiger partial charge is 0.325 e. The fourth-order valence-corrected chi connectivity index (χ4v) is 1.27. The second kappa shape index (κ2) is 6.49. The maximum atomic E-state index is 10.3. The van der Waals surface area contributed by atoms with Gasteiger partial charge in [-0.3, -0.25) is 0 Å². The van der Waals surface area contributed by atoms with Gasteiger partial charge in [-0.2, -0.15) is 0 Å². The summed E-state index contributed by atoms with van der Waals surface area (Å²) >= 11 is 0. The summed E-state index contributed by atoms with van der Waals surface area (Å²) < 4.78 is 25.6. The fraction of sp³-hybridized carbons (Fsp3) is 1.00. The molecular weight excluding hydrogens is 179 g/mol. The summed E-state index contributed by atoms with van der Waals surface area (Å²) in [5, 5.41) is 0. The van der Waals surface area contributed by atoms with E-state index in [0.717, 1.165) is 0 Å². The topological polar surface area (TPSA) is 44.8 Å². The van der Waals surface area contributed by atoms with Crippen LogP contribution in [0.15, 0.2) is 0 Å². The van der Waals surface area contributed by atoms with Crippen LogP contribution in [0.5, 0.6) is 0 Å². The van der Waals surface area contributed by atoms with Crippen molar-refractivity contribution in [3.05, 3.63) is 0 Å². The highest BCUT2D eigenvalue weighted by Gasteiger charge is 2.35. The average Bonchev–Trinajstić information content (AvgIpc) is 2.06. The summed E-state index contributed by atoms with van der Waals surface area (Å²) in [5.41, 5.74) is 0. The lowest BCUT2D eigenvalue weighted by atomic mass is 10.4. The van der Waals surface area contributed by atoms with Crippen LogP contribution in [-0.4, -0.2) is 19.2 Å². The molecule has 0 saturated heterocycles. The molecule has 5 heteroatoms. The maximum absolute atomic E-state index is 10.3. The van der Waals surface area contributed by atoms with Crippen molar-refractivity contribution in [1.82, 2.24) is 0 Å². The lowest BCUT2D eigenvalue weighted by Crippen LogP contribution is -2.36. The van der Waals surface area contributed by atoms with E-state index in [2.05, 4.69) is 0 Å². The SMILES string of the molecule is CCOC(CC)(OCC)O[PH+]=O. The maximum Gasteiger partial charge on any atom is 0.499 e. The van der Waals surface area contributed by atoms with Crippen LogP contribution in [0.2, 0.25) is 0 Å². The van der Waals surface area contributed by atoms with Crippen LogP contribution in [-0.2, 0) is 18.6 Å². The lowest BCUT2D eigenvalue weighted by molar-refractivity contribution is -0.338. The van der Waals surface area contributed by atoms with Gasteiger partial charge < -0.3 is 9.47 Å². The first-order valence-electron chi connectivity index (χ1n) is 4.07. The molecule has 1 unspecified atom stereocenters. The normalized spacial score (nSPS) is 12.2. The van der Waals surface area contributed by atoms with E-state index in [1.165, 1.54) is 0 Å². The molecule has 0 aromatic rings. The second-order valence-corrected chi connectivity index (χ2v) is 2.46. The molecule has 4 nitrogen and oxygen atoms in total. The lowest BCUT2D eigenvalue weighted by Gasteiger charge is -2.24. The Hall–Kier alpha value is -0.0200. The van der Waals surface area contributed by atoms with Crippen LogP contribution >= 0.6 is 8.69 Å². The van der Waals surface area contributed by atoms with Gasteiger partial charge >= 0.3 is 14.7 Å². The predicted octanol–water partition coefficient (Wildman–Crippen LogP) is 2.08. The van der Waals surface area contributed by atoms with E-state index in [1.54, 1.807) is 0 Å². The van der Waals surface area contributed by atoms with Gasteiger partial charge in [0.05, 0.1) is 0 Å². The fourth-order valence-electron chi connectivity index (χ4n) is 0.880. The standard InChI is InChI=1S/C7H16O4P/c1-4-7(9-5-2,10-6-3)11-12-8/h12H,4-6H2,1-3H3/q+1. The van der Waals surface area contributed by atoms with Gasteiger partial charge in [0, 0.05) is 19.6 Å². The Morgan fingerprint density at radius 1 is 1.17 bits per heavy atom. The van der Waals surface area contributed by atoms with Gasteiger partial charge in [-0.1, -0.05) is 11.4 Å². The molecular formula is C7H16O4P+. The van der Waals surface area contributed by atoms with Gasteiger partial charge in [-0.15, -0.1) is 0 Å². The molecule has 0 radical (unpaired) electrons. The van der Waals surface area contributed by atoms with Gasteiger partial charge in [-0.05, 0) is 18.4 Å². The van der Waals surface area contributed by atoms with E-state index < -0.39 is 14.7 Å². The minimum atomic E-state index is -1.11. The van der Waals surface area contributed by atoms with Crippen LogP contribution in [0.3, 0.4) is 0 Å². The van der Waals surface area contributed by atoms with Gasteiger partial charge in [-0.25, -0.2) is 0 Å². The minimum absolute atomic E-state index is 0.471. The molecule has 0 amide bonds. The van der Waals surface area contributed by atoms with E-state index in [9.17, 15) is 4.57 Å². The monoisotopic (exact) mass is 195 g/mol. The van der Waals surface area contributed by atoms with Crippen molar-refractivity contribution in [2.24, 2.45) is 0 Å². The number of hydrogen-bond donors (Lipinski definition) is 0. The van der Waals surface area contributed by atoms with E-state index in [1.807, 2.05) is 20.8 Å². The molecule has 0 aromatic heterocycles. The minimum Gasteiger partial charge on any atom is -0.325 e. The van der Waals surface area contributed by atoms with E-state index in [0.29, 0.717) is 19.6 Å². The molecule has 0 aliphatic carbocycles. The van der Waals surface area contributed by atoms with Crippen LogP contribution in [0.4, 0.5) is 0 Å². The third kappa shape index (κ3) is 3.59. The molecule has 0 heterocycles. The molecule has 0 N–H and O–H groups in total. The van der Waals surface area contributed by atoms with Gasteiger partial charge in [0.2, 0.25) is 0 Å². The van der Waals surface area contributed by atoms with Crippen molar-refractivity contribution in [2.75, 3.05) is 13.2 Å². The zero-order chi connectivity index (χ0) is 9.45. The van der Waals surface area contributed by atoms with Crippen LogP contribution < -0.4 is 0 Å². The Balaban J connectivity index is 4.15. The summed E-state index contributed by atoms with van der Waals surface area (Å²) in [4.78, 5) is 0. The zero-order valence-corrected chi connectivity index (χ0v) is 8.75. The molecule has 1 atom stereocenters. The van der Waals surface area contributed by atoms with Crippen LogP contribution in [0.25, 0.3) is 0 Å². The first kappa shape index (κ1) is 12.0. The van der Waals surface area contributed by atoms with E-state index >= 15 is 0 Å². The Labute approximate surface area is 74.5 Å². The number of hydrogen-bond acceptors (Lipinski definition) is 4. The van der Waals surface area contributed by atoms with Crippen molar-refractivity contribution in [3.8, 4) is 0 Å². The first-order valence-corrected chi connectivity index (χ1v) is 4.89. The molecule has 0 bridgehead atoms. The molecule has 0 aliphatic rings. The van der Waals surface area contributed by atoms with Gasteiger partial charge in [0.1, 0.15) is 0 Å². The number of rotatable bonds is 7. The summed E-state index contributed by atoms with van der Waals surface area (Å²) in [5.74, 6) is -1.11. The summed E-state index contributed by atoms with van der Waals surface area (Å²) in [6.45, 7) is 6.46. The highest BCUT2D eigenvalue weighted by molar-refractivity contribution is 7.17. The molecule has 0 rings (SSSR count). The average molecular weight is 195 g/mol. The highest BCUT2D eigenvalue weighted by atomic mass is 31.1. The predicted molar refractivity (Wildman–Crippen MR) is 46.4 cm³/mol. The number of ether oxygens (including phenoxy) is 2. The largest absolute Gasteiger partial charge is 0.499 e. The molecule has 0 spiro atoms. The van der Waals surface area contributed by atoms with Crippen molar-refractivity contribution in [1.29, 1.82) is 0 Å². The molecule has 0 fully saturated rings. The van der Waals surface area contributed by atoms with Crippen molar-refractivity contribution in [2.45, 2.75) is 33.2 Å². The van der Waals surface area contributed by atoms with Crippen molar-refractivity contribution >= 4 is 8.69 Å². The molecule has 72 valence electrons. The van der Waals surface area contributed by atoms with Crippen molar-refractivity contribution in [3.63, 3.8) is 0 Å². The molecule has 12 heavy (non-hydrogen) atoms. The van der Waals surface area contributed by atoms with Crippen molar-refractivity contribution < 1.29 is 18.6 Å².